The van der Waals surface area contributed by atoms with Crippen LogP contribution in [0.4, 0.5) is 11.4 Å². The van der Waals surface area contributed by atoms with Crippen molar-refractivity contribution in [2.75, 3.05) is 38.0 Å². The van der Waals surface area contributed by atoms with Gasteiger partial charge in [0.05, 0.1) is 12.4 Å². The van der Waals surface area contributed by atoms with Crippen LogP contribution in [0.25, 0.3) is 0 Å². The zero-order chi connectivity index (χ0) is 19.2. The lowest BCUT2D eigenvalue weighted by Gasteiger charge is -2.11. The van der Waals surface area contributed by atoms with Gasteiger partial charge in [0, 0.05) is 39.6 Å². The SMILES string of the molecule is CN(C)c1ccc(C=Nn2cc[n+](N=Cc3ccc(N(C)C)cc3)c2)cc1.[Cl-]. The summed E-state index contributed by atoms with van der Waals surface area (Å²) in [7, 11) is 8.11. The molecule has 0 unspecified atom stereocenters. The molecule has 28 heavy (non-hydrogen) atoms. The molecule has 0 N–H and O–H groups in total. The monoisotopic (exact) mass is 396 g/mol. The van der Waals surface area contributed by atoms with Gasteiger partial charge in [-0.15, -0.1) is 9.35 Å². The third-order valence-electron chi connectivity index (χ3n) is 4.11. The first kappa shape index (κ1) is 21.2. The number of benzene rings is 2. The Bertz CT molecular complexity index is 848. The van der Waals surface area contributed by atoms with E-state index in [9.17, 15) is 0 Å². The van der Waals surface area contributed by atoms with Gasteiger partial charge < -0.3 is 22.2 Å². The summed E-state index contributed by atoms with van der Waals surface area (Å²) < 4.78 is 3.46. The van der Waals surface area contributed by atoms with E-state index < -0.39 is 0 Å². The molecule has 2 aromatic carbocycles. The van der Waals surface area contributed by atoms with Crippen molar-refractivity contribution in [2.45, 2.75) is 0 Å². The summed E-state index contributed by atoms with van der Waals surface area (Å²) in [6.45, 7) is 0. The maximum Gasteiger partial charge on any atom is 0.295 e. The molecule has 6 nitrogen and oxygen atoms in total. The average Bonchev–Trinajstić information content (AvgIpc) is 3.13. The Kier molecular flexibility index (Phi) is 7.35. The second-order valence-electron chi connectivity index (χ2n) is 6.63. The van der Waals surface area contributed by atoms with Gasteiger partial charge in [0.1, 0.15) is 0 Å². The van der Waals surface area contributed by atoms with Crippen molar-refractivity contribution < 1.29 is 17.1 Å². The smallest absolute Gasteiger partial charge is 0.295 e. The lowest BCUT2D eigenvalue weighted by Crippen LogP contribution is -3.00. The summed E-state index contributed by atoms with van der Waals surface area (Å²) in [6.07, 6.45) is 9.19. The van der Waals surface area contributed by atoms with Crippen LogP contribution in [-0.4, -0.2) is 45.3 Å². The van der Waals surface area contributed by atoms with Crippen LogP contribution in [-0.2, 0) is 0 Å². The van der Waals surface area contributed by atoms with Crippen LogP contribution in [0, 0.1) is 0 Å². The molecular weight excluding hydrogens is 372 g/mol. The van der Waals surface area contributed by atoms with Gasteiger partial charge in [0.25, 0.3) is 6.33 Å². The van der Waals surface area contributed by atoms with Crippen LogP contribution in [0.2, 0.25) is 0 Å². The maximum absolute atomic E-state index is 4.44. The van der Waals surface area contributed by atoms with Gasteiger partial charge >= 0.3 is 0 Å². The zero-order valence-corrected chi connectivity index (χ0v) is 17.3. The lowest BCUT2D eigenvalue weighted by atomic mass is 10.2. The van der Waals surface area contributed by atoms with Crippen molar-refractivity contribution in [3.05, 3.63) is 78.4 Å². The number of rotatable bonds is 6. The van der Waals surface area contributed by atoms with E-state index in [-0.39, 0.29) is 12.4 Å². The summed E-state index contributed by atoms with van der Waals surface area (Å²) in [6, 6.07) is 16.5. The number of hydrogen-bond acceptors (Lipinski definition) is 4. The molecule has 0 amide bonds. The predicted octanol–water partition coefficient (Wildman–Crippen LogP) is -0.324. The quantitative estimate of drug-likeness (QED) is 0.423. The van der Waals surface area contributed by atoms with Crippen LogP contribution in [0.1, 0.15) is 11.1 Å². The first-order chi connectivity index (χ1) is 13.0. The van der Waals surface area contributed by atoms with Gasteiger partial charge in [0.15, 0.2) is 12.4 Å². The Morgan fingerprint density at radius 1 is 0.786 bits per heavy atom. The van der Waals surface area contributed by atoms with E-state index in [1.807, 2.05) is 83.6 Å². The molecule has 0 spiro atoms. The second kappa shape index (κ2) is 9.71. The molecule has 7 heteroatoms. The molecule has 0 aliphatic rings. The Balaban J connectivity index is 0.00000280. The van der Waals surface area contributed by atoms with Crippen LogP contribution < -0.4 is 26.9 Å². The van der Waals surface area contributed by atoms with Crippen LogP contribution in [0.5, 0.6) is 0 Å². The summed E-state index contributed by atoms with van der Waals surface area (Å²) in [5.74, 6) is 0. The highest BCUT2D eigenvalue weighted by Gasteiger charge is 2.01. The third-order valence-corrected chi connectivity index (χ3v) is 4.11. The molecule has 3 rings (SSSR count). The molecule has 0 fully saturated rings. The van der Waals surface area contributed by atoms with E-state index in [1.54, 1.807) is 9.35 Å². The maximum atomic E-state index is 4.44. The Labute approximate surface area is 172 Å². The molecule has 0 radical (unpaired) electrons. The topological polar surface area (TPSA) is 40.0 Å². The normalized spacial score (nSPS) is 11.0. The van der Waals surface area contributed by atoms with E-state index in [0.717, 1.165) is 11.1 Å². The predicted molar refractivity (Wildman–Crippen MR) is 112 cm³/mol. The highest BCUT2D eigenvalue weighted by atomic mass is 35.5. The van der Waals surface area contributed by atoms with Crippen LogP contribution in [0.3, 0.4) is 0 Å². The molecule has 0 atom stereocenters. The van der Waals surface area contributed by atoms with Crippen LogP contribution >= 0.6 is 0 Å². The van der Waals surface area contributed by atoms with Gasteiger partial charge in [-0.3, -0.25) is 0 Å². The summed E-state index contributed by atoms with van der Waals surface area (Å²) in [5, 5.41) is 8.87. The van der Waals surface area contributed by atoms with Gasteiger partial charge in [-0.05, 0) is 35.4 Å². The molecule has 1 aromatic heterocycles. The first-order valence-corrected chi connectivity index (χ1v) is 8.74. The van der Waals surface area contributed by atoms with E-state index in [2.05, 4.69) is 44.3 Å². The van der Waals surface area contributed by atoms with Crippen molar-refractivity contribution in [3.63, 3.8) is 0 Å². The Morgan fingerprint density at radius 2 is 1.29 bits per heavy atom. The van der Waals surface area contributed by atoms with E-state index in [4.69, 9.17) is 0 Å². The number of anilines is 2. The summed E-state index contributed by atoms with van der Waals surface area (Å²) >= 11 is 0. The number of halogens is 1. The molecule has 0 saturated heterocycles. The molecule has 0 bridgehead atoms. The highest BCUT2D eigenvalue weighted by molar-refractivity contribution is 5.80. The van der Waals surface area contributed by atoms with Gasteiger partial charge in [-0.25, -0.2) is 0 Å². The minimum atomic E-state index is 0. The standard InChI is InChI=1S/C21H25N6.ClH/c1-24(2)20-9-5-18(6-10-20)15-22-26-13-14-27(17-26)23-16-19-7-11-21(12-8-19)25(3)4;/h5-17H,1-4H3;1H/q+1;/p-1. The fourth-order valence-electron chi connectivity index (χ4n) is 2.46. The van der Waals surface area contributed by atoms with E-state index >= 15 is 0 Å². The number of hydrogen-bond donors (Lipinski definition) is 0. The van der Waals surface area contributed by atoms with Crippen molar-refractivity contribution in [3.8, 4) is 0 Å². The van der Waals surface area contributed by atoms with Gasteiger partial charge in [-0.1, -0.05) is 34.5 Å². The number of imidazole rings is 1. The fraction of sp³-hybridized carbons (Fsp3) is 0.190. The largest absolute Gasteiger partial charge is 1.00 e. The summed E-state index contributed by atoms with van der Waals surface area (Å²) in [5.41, 5.74) is 4.42. The summed E-state index contributed by atoms with van der Waals surface area (Å²) in [4.78, 5) is 4.14. The van der Waals surface area contributed by atoms with E-state index in [1.165, 1.54) is 11.4 Å². The first-order valence-electron chi connectivity index (χ1n) is 8.74. The van der Waals surface area contributed by atoms with Crippen molar-refractivity contribution in [1.82, 2.24) is 4.68 Å². The zero-order valence-electron chi connectivity index (χ0n) is 16.6. The molecule has 3 aromatic rings. The Hall–Kier alpha value is -3.12. The second-order valence-corrected chi connectivity index (χ2v) is 6.63. The fourth-order valence-corrected chi connectivity index (χ4v) is 2.46. The van der Waals surface area contributed by atoms with Crippen molar-refractivity contribution in [2.24, 2.45) is 10.2 Å². The molecule has 146 valence electrons. The lowest BCUT2D eigenvalue weighted by molar-refractivity contribution is -0.677. The van der Waals surface area contributed by atoms with Crippen molar-refractivity contribution in [1.29, 1.82) is 0 Å². The third kappa shape index (κ3) is 5.69. The average molecular weight is 397 g/mol. The van der Waals surface area contributed by atoms with Crippen LogP contribution in [0.15, 0.2) is 77.5 Å². The van der Waals surface area contributed by atoms with Gasteiger partial charge in [0.2, 0.25) is 0 Å². The molecular formula is C21H25ClN6. The minimum Gasteiger partial charge on any atom is -1.00 e. The number of aromatic nitrogens is 2. The van der Waals surface area contributed by atoms with E-state index in [0.29, 0.717) is 0 Å². The van der Waals surface area contributed by atoms with Gasteiger partial charge in [-0.2, -0.15) is 0 Å². The minimum absolute atomic E-state index is 0. The number of nitrogens with zero attached hydrogens (tertiary/aromatic N) is 6. The Morgan fingerprint density at radius 3 is 1.79 bits per heavy atom. The molecule has 0 saturated carbocycles. The molecule has 0 aliphatic carbocycles. The molecule has 0 aliphatic heterocycles. The molecule has 1 heterocycles. The van der Waals surface area contributed by atoms with Crippen molar-refractivity contribution >= 4 is 23.8 Å². The highest BCUT2D eigenvalue weighted by Crippen LogP contribution is 2.11.